The Labute approximate surface area is 207 Å². The van der Waals surface area contributed by atoms with Gasteiger partial charge in [0, 0.05) is 5.69 Å². The van der Waals surface area contributed by atoms with E-state index in [9.17, 15) is 4.79 Å². The van der Waals surface area contributed by atoms with Crippen molar-refractivity contribution >= 4 is 23.4 Å². The van der Waals surface area contributed by atoms with Crippen molar-refractivity contribution in [2.45, 2.75) is 69.4 Å². The summed E-state index contributed by atoms with van der Waals surface area (Å²) in [6.45, 7) is 9.91. The van der Waals surface area contributed by atoms with Crippen molar-refractivity contribution in [1.82, 2.24) is 19.7 Å². The van der Waals surface area contributed by atoms with Gasteiger partial charge >= 0.3 is 0 Å². The number of piperidine rings is 1. The molecule has 4 rings (SSSR count). The molecule has 1 aliphatic rings. The van der Waals surface area contributed by atoms with Crippen LogP contribution in [0.2, 0.25) is 0 Å². The summed E-state index contributed by atoms with van der Waals surface area (Å²) in [6, 6.07) is 18.4. The number of benzene rings is 2. The van der Waals surface area contributed by atoms with Gasteiger partial charge < -0.3 is 9.88 Å². The largest absolute Gasteiger partial charge is 0.325 e. The van der Waals surface area contributed by atoms with E-state index in [1.165, 1.54) is 36.6 Å². The monoisotopic (exact) mass is 477 g/mol. The topological polar surface area (TPSA) is 63.1 Å². The highest BCUT2D eigenvalue weighted by molar-refractivity contribution is 8.00. The second kappa shape index (κ2) is 11.7. The van der Waals surface area contributed by atoms with Gasteiger partial charge in [0.15, 0.2) is 5.16 Å². The molecule has 1 aliphatic heterocycles. The van der Waals surface area contributed by atoms with E-state index in [-0.39, 0.29) is 11.2 Å². The van der Waals surface area contributed by atoms with Gasteiger partial charge in [0.2, 0.25) is 5.91 Å². The molecule has 2 heterocycles. The molecule has 1 fully saturated rings. The highest BCUT2D eigenvalue weighted by atomic mass is 32.2. The standard InChI is InChI=1S/C27H35N5OS/c1-20(2)23-14-8-9-15-24(23)28-26(33)21(3)34-27-30-29-25(19-31-16-10-5-11-17-31)32(27)18-22-12-6-4-7-13-22/h4,6-9,12-15,20-21H,5,10-11,16-19H2,1-3H3,(H,28,33). The van der Waals surface area contributed by atoms with E-state index in [1.54, 1.807) is 0 Å². The first kappa shape index (κ1) is 24.5. The highest BCUT2D eigenvalue weighted by Crippen LogP contribution is 2.28. The minimum atomic E-state index is -0.304. The van der Waals surface area contributed by atoms with Gasteiger partial charge in [0.1, 0.15) is 5.82 Å². The Morgan fingerprint density at radius 3 is 2.38 bits per heavy atom. The van der Waals surface area contributed by atoms with Crippen LogP contribution < -0.4 is 5.32 Å². The van der Waals surface area contributed by atoms with Crippen LogP contribution in [0.1, 0.15) is 62.9 Å². The van der Waals surface area contributed by atoms with E-state index in [4.69, 9.17) is 0 Å². The number of para-hydroxylation sites is 1. The fourth-order valence-corrected chi connectivity index (χ4v) is 5.19. The van der Waals surface area contributed by atoms with Gasteiger partial charge in [-0.05, 0) is 56.0 Å². The van der Waals surface area contributed by atoms with Crippen molar-refractivity contribution in [3.05, 3.63) is 71.5 Å². The summed E-state index contributed by atoms with van der Waals surface area (Å²) < 4.78 is 2.18. The zero-order valence-corrected chi connectivity index (χ0v) is 21.2. The lowest BCUT2D eigenvalue weighted by molar-refractivity contribution is -0.115. The third-order valence-electron chi connectivity index (χ3n) is 6.28. The maximum Gasteiger partial charge on any atom is 0.237 e. The Morgan fingerprint density at radius 2 is 1.65 bits per heavy atom. The van der Waals surface area contributed by atoms with Gasteiger partial charge in [-0.3, -0.25) is 9.69 Å². The summed E-state index contributed by atoms with van der Waals surface area (Å²) in [5, 5.41) is 12.7. The molecule has 1 unspecified atom stereocenters. The fourth-order valence-electron chi connectivity index (χ4n) is 4.33. The number of hydrogen-bond acceptors (Lipinski definition) is 5. The van der Waals surface area contributed by atoms with Gasteiger partial charge in [-0.25, -0.2) is 0 Å². The second-order valence-corrected chi connectivity index (χ2v) is 10.6. The molecular formula is C27H35N5OS. The van der Waals surface area contributed by atoms with E-state index in [1.807, 2.05) is 31.2 Å². The van der Waals surface area contributed by atoms with Crippen molar-refractivity contribution in [3.8, 4) is 0 Å². The summed E-state index contributed by atoms with van der Waals surface area (Å²) in [6.07, 6.45) is 3.79. The predicted octanol–water partition coefficient (Wildman–Crippen LogP) is 5.56. The number of aromatic nitrogens is 3. The first-order valence-corrected chi connectivity index (χ1v) is 13.1. The summed E-state index contributed by atoms with van der Waals surface area (Å²) in [4.78, 5) is 15.5. The van der Waals surface area contributed by atoms with Crippen LogP contribution in [0.15, 0.2) is 59.8 Å². The summed E-state index contributed by atoms with van der Waals surface area (Å²) >= 11 is 1.47. The van der Waals surface area contributed by atoms with E-state index in [2.05, 4.69) is 69.2 Å². The average Bonchev–Trinajstić information content (AvgIpc) is 3.21. The van der Waals surface area contributed by atoms with Crippen LogP contribution in [-0.2, 0) is 17.9 Å². The molecule has 6 nitrogen and oxygen atoms in total. The smallest absolute Gasteiger partial charge is 0.237 e. The Bertz CT molecular complexity index is 1080. The Balaban J connectivity index is 1.51. The van der Waals surface area contributed by atoms with Crippen LogP contribution in [0, 0.1) is 0 Å². The van der Waals surface area contributed by atoms with Gasteiger partial charge in [-0.15, -0.1) is 10.2 Å². The number of rotatable bonds is 9. The number of carbonyl (C=O) groups excluding carboxylic acids is 1. The number of nitrogens with zero attached hydrogens (tertiary/aromatic N) is 4. The molecule has 0 radical (unpaired) electrons. The molecule has 180 valence electrons. The molecule has 1 aromatic heterocycles. The molecule has 0 saturated carbocycles. The number of nitrogens with one attached hydrogen (secondary N) is 1. The molecule has 0 bridgehead atoms. The van der Waals surface area contributed by atoms with Crippen molar-refractivity contribution in [2.24, 2.45) is 0 Å². The van der Waals surface area contributed by atoms with Crippen LogP contribution in [-0.4, -0.2) is 43.9 Å². The number of likely N-dealkylation sites (tertiary alicyclic amines) is 1. The lowest BCUT2D eigenvalue weighted by Crippen LogP contribution is -2.30. The van der Waals surface area contributed by atoms with E-state index >= 15 is 0 Å². The normalized spacial score (nSPS) is 15.4. The summed E-state index contributed by atoms with van der Waals surface area (Å²) in [5.74, 6) is 1.28. The molecule has 0 aliphatic carbocycles. The molecule has 34 heavy (non-hydrogen) atoms. The Morgan fingerprint density at radius 1 is 0.941 bits per heavy atom. The maximum absolute atomic E-state index is 13.1. The summed E-state index contributed by atoms with van der Waals surface area (Å²) in [7, 11) is 0. The fraction of sp³-hybridized carbons (Fsp3) is 0.444. The van der Waals surface area contributed by atoms with Crippen molar-refractivity contribution < 1.29 is 4.79 Å². The van der Waals surface area contributed by atoms with Crippen LogP contribution in [0.4, 0.5) is 5.69 Å². The first-order valence-electron chi connectivity index (χ1n) is 12.3. The number of amides is 1. The molecule has 3 aromatic rings. The molecule has 1 N–H and O–H groups in total. The van der Waals surface area contributed by atoms with Crippen LogP contribution >= 0.6 is 11.8 Å². The number of carbonyl (C=O) groups is 1. The van der Waals surface area contributed by atoms with Crippen LogP contribution in [0.3, 0.4) is 0 Å². The molecule has 0 spiro atoms. The molecule has 7 heteroatoms. The highest BCUT2D eigenvalue weighted by Gasteiger charge is 2.23. The SMILES string of the molecule is CC(Sc1nnc(CN2CCCCC2)n1Cc1ccccc1)C(=O)Nc1ccccc1C(C)C. The average molecular weight is 478 g/mol. The van der Waals surface area contributed by atoms with Gasteiger partial charge in [-0.1, -0.05) is 80.6 Å². The number of anilines is 1. The summed E-state index contributed by atoms with van der Waals surface area (Å²) in [5.41, 5.74) is 3.22. The van der Waals surface area contributed by atoms with Gasteiger partial charge in [0.25, 0.3) is 0 Å². The number of thioether (sulfide) groups is 1. The third-order valence-corrected chi connectivity index (χ3v) is 7.36. The molecule has 1 atom stereocenters. The lowest BCUT2D eigenvalue weighted by Gasteiger charge is -2.26. The quantitative estimate of drug-likeness (QED) is 0.409. The zero-order valence-electron chi connectivity index (χ0n) is 20.4. The predicted molar refractivity (Wildman–Crippen MR) is 139 cm³/mol. The zero-order chi connectivity index (χ0) is 23.9. The first-order chi connectivity index (χ1) is 16.5. The van der Waals surface area contributed by atoms with Gasteiger partial charge in [-0.2, -0.15) is 0 Å². The van der Waals surface area contributed by atoms with Crippen molar-refractivity contribution in [1.29, 1.82) is 0 Å². The van der Waals surface area contributed by atoms with E-state index in [0.29, 0.717) is 12.5 Å². The van der Waals surface area contributed by atoms with Crippen LogP contribution in [0.25, 0.3) is 0 Å². The Hall–Kier alpha value is -2.64. The van der Waals surface area contributed by atoms with E-state index < -0.39 is 0 Å². The maximum atomic E-state index is 13.1. The minimum Gasteiger partial charge on any atom is -0.325 e. The molecule has 1 saturated heterocycles. The van der Waals surface area contributed by atoms with Crippen molar-refractivity contribution in [3.63, 3.8) is 0 Å². The van der Waals surface area contributed by atoms with Crippen molar-refractivity contribution in [2.75, 3.05) is 18.4 Å². The third kappa shape index (κ3) is 6.27. The van der Waals surface area contributed by atoms with E-state index in [0.717, 1.165) is 41.9 Å². The number of hydrogen-bond donors (Lipinski definition) is 1. The van der Waals surface area contributed by atoms with Gasteiger partial charge in [0.05, 0.1) is 18.3 Å². The Kier molecular flexibility index (Phi) is 8.40. The molecule has 2 aromatic carbocycles. The lowest BCUT2D eigenvalue weighted by atomic mass is 10.0. The molecular weight excluding hydrogens is 442 g/mol. The van der Waals surface area contributed by atoms with Crippen LogP contribution in [0.5, 0.6) is 0 Å². The second-order valence-electron chi connectivity index (χ2n) is 9.30. The molecule has 1 amide bonds. The minimum absolute atomic E-state index is 0.0232.